The van der Waals surface area contributed by atoms with Crippen molar-refractivity contribution in [3.63, 3.8) is 0 Å². The van der Waals surface area contributed by atoms with E-state index in [1.807, 2.05) is 78.9 Å². The average Bonchev–Trinajstić information content (AvgIpc) is 3.28. The van der Waals surface area contributed by atoms with Crippen LogP contribution in [0, 0.1) is 0 Å². The van der Waals surface area contributed by atoms with Crippen molar-refractivity contribution in [2.24, 2.45) is 0 Å². The highest BCUT2D eigenvalue weighted by molar-refractivity contribution is 7.90. The predicted molar refractivity (Wildman–Crippen MR) is 129 cm³/mol. The number of hydrogen-bond donors (Lipinski definition) is 1. The Morgan fingerprint density at radius 2 is 1.36 bits per heavy atom. The van der Waals surface area contributed by atoms with Crippen molar-refractivity contribution in [3.8, 4) is 5.75 Å². The number of rotatable bonds is 3. The van der Waals surface area contributed by atoms with Crippen LogP contribution in [0.4, 0.5) is 0 Å². The zero-order valence-corrected chi connectivity index (χ0v) is 18.8. The van der Waals surface area contributed by atoms with Gasteiger partial charge in [-0.25, -0.2) is 8.42 Å². The van der Waals surface area contributed by atoms with Crippen LogP contribution in [0.1, 0.15) is 27.8 Å². The number of methoxy groups -OCH3 is 1. The van der Waals surface area contributed by atoms with Crippen LogP contribution >= 0.6 is 0 Å². The predicted octanol–water partition coefficient (Wildman–Crippen LogP) is 5.20. The zero-order valence-electron chi connectivity index (χ0n) is 17.9. The second kappa shape index (κ2) is 7.17. The Hall–Kier alpha value is -3.67. The van der Waals surface area contributed by atoms with Gasteiger partial charge in [0.15, 0.2) is 0 Å². The first-order chi connectivity index (χ1) is 16.1. The smallest absolute Gasteiger partial charge is 0.242 e. The maximum Gasteiger partial charge on any atom is 0.242 e. The van der Waals surface area contributed by atoms with Crippen molar-refractivity contribution in [1.82, 2.24) is 4.72 Å². The Morgan fingerprint density at radius 3 is 2.06 bits per heavy atom. The van der Waals surface area contributed by atoms with Gasteiger partial charge in [0, 0.05) is 5.56 Å². The number of fused-ring (bicyclic) bond motifs is 4. The van der Waals surface area contributed by atoms with E-state index >= 15 is 0 Å². The molecule has 6 rings (SSSR count). The fourth-order valence-corrected chi connectivity index (χ4v) is 6.82. The van der Waals surface area contributed by atoms with Gasteiger partial charge in [-0.1, -0.05) is 84.9 Å². The first-order valence-electron chi connectivity index (χ1n) is 10.7. The van der Waals surface area contributed by atoms with Crippen LogP contribution in [0.25, 0.3) is 11.1 Å². The molecule has 1 heterocycles. The van der Waals surface area contributed by atoms with E-state index in [0.717, 1.165) is 39.0 Å². The molecule has 33 heavy (non-hydrogen) atoms. The zero-order chi connectivity index (χ0) is 22.6. The molecular formula is C28H21NO3S. The summed E-state index contributed by atoms with van der Waals surface area (Å²) in [6.07, 6.45) is 0. The quantitative estimate of drug-likeness (QED) is 0.466. The first kappa shape index (κ1) is 20.0. The van der Waals surface area contributed by atoms with Crippen LogP contribution < -0.4 is 9.46 Å². The molecule has 1 aliphatic heterocycles. The van der Waals surface area contributed by atoms with Crippen molar-refractivity contribution in [1.29, 1.82) is 0 Å². The summed E-state index contributed by atoms with van der Waals surface area (Å²) in [5.74, 6) is 0.679. The van der Waals surface area contributed by atoms with Gasteiger partial charge in [0.1, 0.15) is 11.3 Å². The molecule has 0 amide bonds. The van der Waals surface area contributed by atoms with E-state index in [0.29, 0.717) is 10.6 Å². The molecule has 0 aromatic heterocycles. The Bertz CT molecular complexity index is 1530. The van der Waals surface area contributed by atoms with Gasteiger partial charge in [0.25, 0.3) is 0 Å². The molecule has 0 radical (unpaired) electrons. The molecule has 4 aromatic rings. The van der Waals surface area contributed by atoms with Gasteiger partial charge >= 0.3 is 0 Å². The topological polar surface area (TPSA) is 55.4 Å². The molecule has 0 unspecified atom stereocenters. The van der Waals surface area contributed by atoms with Crippen LogP contribution in [0.5, 0.6) is 5.75 Å². The molecule has 162 valence electrons. The summed E-state index contributed by atoms with van der Waals surface area (Å²) >= 11 is 0. The van der Waals surface area contributed by atoms with Crippen LogP contribution in [0.2, 0.25) is 0 Å². The van der Waals surface area contributed by atoms with Gasteiger partial charge in [0.2, 0.25) is 10.0 Å². The summed E-state index contributed by atoms with van der Waals surface area (Å²) in [6.45, 7) is 0. The Labute approximate surface area is 193 Å². The molecule has 0 saturated carbocycles. The Kier molecular flexibility index (Phi) is 4.34. The van der Waals surface area contributed by atoms with Crippen molar-refractivity contribution in [3.05, 3.63) is 131 Å². The maximum atomic E-state index is 13.4. The summed E-state index contributed by atoms with van der Waals surface area (Å²) in [7, 11) is -2.11. The summed E-state index contributed by atoms with van der Waals surface area (Å²) in [4.78, 5) is 0.307. The van der Waals surface area contributed by atoms with E-state index in [1.54, 1.807) is 19.2 Å². The van der Waals surface area contributed by atoms with Crippen molar-refractivity contribution >= 4 is 21.2 Å². The van der Waals surface area contributed by atoms with Crippen LogP contribution in [0.3, 0.4) is 0 Å². The van der Waals surface area contributed by atoms with E-state index in [-0.39, 0.29) is 0 Å². The molecule has 1 N–H and O–H groups in total. The van der Waals surface area contributed by atoms with Gasteiger partial charge in [0.05, 0.1) is 12.0 Å². The number of ether oxygens (including phenoxy) is 1. The normalized spacial score (nSPS) is 20.0. The van der Waals surface area contributed by atoms with Gasteiger partial charge < -0.3 is 4.74 Å². The van der Waals surface area contributed by atoms with Gasteiger partial charge in [-0.3, -0.25) is 0 Å². The summed E-state index contributed by atoms with van der Waals surface area (Å²) in [5.41, 5.74) is 5.45. The third-order valence-corrected chi connectivity index (χ3v) is 8.03. The third kappa shape index (κ3) is 2.76. The second-order valence-corrected chi connectivity index (χ2v) is 9.90. The van der Waals surface area contributed by atoms with Crippen molar-refractivity contribution in [2.45, 2.75) is 10.4 Å². The molecule has 1 atom stereocenters. The van der Waals surface area contributed by atoms with Crippen molar-refractivity contribution < 1.29 is 13.2 Å². The van der Waals surface area contributed by atoms with Gasteiger partial charge in [-0.2, -0.15) is 4.72 Å². The molecule has 1 aliphatic carbocycles. The lowest BCUT2D eigenvalue weighted by Gasteiger charge is -2.30. The number of hydrogen-bond acceptors (Lipinski definition) is 3. The van der Waals surface area contributed by atoms with E-state index in [4.69, 9.17) is 4.74 Å². The first-order valence-corrected chi connectivity index (χ1v) is 12.2. The minimum Gasteiger partial charge on any atom is -0.497 e. The standard InChI is InChI=1S/C28H21NO3S/c1-32-21-16-17-22-24(18-21)28(23-14-8-9-15-25(23)33(30,31)29-28)27(20-12-6-3-7-13-20)26(22)19-10-4-2-5-11-19/h2-18,29H,1H3/t28-/m1/s1. The van der Waals surface area contributed by atoms with E-state index in [1.165, 1.54) is 0 Å². The van der Waals surface area contributed by atoms with Crippen LogP contribution in [-0.2, 0) is 15.6 Å². The van der Waals surface area contributed by atoms with Crippen LogP contribution in [0.15, 0.2) is 108 Å². The summed E-state index contributed by atoms with van der Waals surface area (Å²) in [6, 6.07) is 33.3. The fraction of sp³-hybridized carbons (Fsp3) is 0.0714. The van der Waals surface area contributed by atoms with Crippen LogP contribution in [-0.4, -0.2) is 15.5 Å². The Balaban J connectivity index is 1.82. The summed E-state index contributed by atoms with van der Waals surface area (Å²) < 4.78 is 35.5. The minimum atomic E-state index is -3.73. The van der Waals surface area contributed by atoms with E-state index in [9.17, 15) is 8.42 Å². The SMILES string of the molecule is COc1ccc2c(c1)[C@@]1(NS(=O)(=O)c3ccccc31)C(c1ccccc1)=C2c1ccccc1. The third-order valence-electron chi connectivity index (χ3n) is 6.52. The number of sulfonamides is 1. The largest absolute Gasteiger partial charge is 0.497 e. The number of benzene rings is 4. The molecule has 5 heteroatoms. The summed E-state index contributed by atoms with van der Waals surface area (Å²) in [5, 5.41) is 0. The van der Waals surface area contributed by atoms with Crippen molar-refractivity contribution in [2.75, 3.05) is 7.11 Å². The average molecular weight is 452 g/mol. The maximum absolute atomic E-state index is 13.4. The minimum absolute atomic E-state index is 0.307. The van der Waals surface area contributed by atoms with Gasteiger partial charge in [-0.15, -0.1) is 0 Å². The van der Waals surface area contributed by atoms with E-state index < -0.39 is 15.6 Å². The lowest BCUT2D eigenvalue weighted by atomic mass is 9.77. The Morgan fingerprint density at radius 1 is 0.727 bits per heavy atom. The lowest BCUT2D eigenvalue weighted by molar-refractivity contribution is 0.413. The lowest BCUT2D eigenvalue weighted by Crippen LogP contribution is -2.40. The molecule has 1 spiro atoms. The van der Waals surface area contributed by atoms with Gasteiger partial charge in [-0.05, 0) is 51.6 Å². The second-order valence-electron chi connectivity index (χ2n) is 8.25. The highest BCUT2D eigenvalue weighted by Crippen LogP contribution is 2.59. The highest BCUT2D eigenvalue weighted by Gasteiger charge is 2.55. The molecule has 0 bridgehead atoms. The molecule has 4 nitrogen and oxygen atoms in total. The molecular weight excluding hydrogens is 430 g/mol. The van der Waals surface area contributed by atoms with E-state index in [2.05, 4.69) is 16.9 Å². The number of nitrogens with one attached hydrogen (secondary N) is 1. The monoisotopic (exact) mass is 451 g/mol. The molecule has 0 saturated heterocycles. The molecule has 4 aromatic carbocycles. The molecule has 0 fully saturated rings. The molecule has 2 aliphatic rings. The fourth-order valence-electron chi connectivity index (χ4n) is 5.21. The highest BCUT2D eigenvalue weighted by atomic mass is 32.2.